The van der Waals surface area contributed by atoms with Crippen molar-refractivity contribution < 1.29 is 14.3 Å². The van der Waals surface area contributed by atoms with Gasteiger partial charge >= 0.3 is 182 Å². The van der Waals surface area contributed by atoms with Crippen LogP contribution in [-0.2, 0) is 14.3 Å². The molecule has 0 bridgehead atoms. The third-order valence-corrected chi connectivity index (χ3v) is 8.13. The number of ether oxygens (including phenoxy) is 2. The zero-order valence-electron chi connectivity index (χ0n) is 16.5. The molecule has 0 aromatic heterocycles. The van der Waals surface area contributed by atoms with Gasteiger partial charge in [0.1, 0.15) is 0 Å². The van der Waals surface area contributed by atoms with Crippen LogP contribution in [0.4, 0.5) is 0 Å². The van der Waals surface area contributed by atoms with Gasteiger partial charge in [-0.15, -0.1) is 0 Å². The Morgan fingerprint density at radius 2 is 1.64 bits per heavy atom. The zero-order chi connectivity index (χ0) is 20.0. The molecule has 0 heterocycles. The Morgan fingerprint density at radius 1 is 1.00 bits per heavy atom. The predicted octanol–water partition coefficient (Wildman–Crippen LogP) is 3.03. The summed E-state index contributed by atoms with van der Waals surface area (Å²) in [7, 11) is 0. The van der Waals surface area contributed by atoms with Gasteiger partial charge in [-0.25, -0.2) is 0 Å². The van der Waals surface area contributed by atoms with E-state index in [0.29, 0.717) is 13.0 Å². The maximum atomic E-state index is 12.6. The third kappa shape index (κ3) is 8.77. The molecule has 0 fully saturated rings. The van der Waals surface area contributed by atoms with Crippen LogP contribution >= 0.6 is 0 Å². The molecule has 0 N–H and O–H groups in total. The first kappa shape index (κ1) is 22.9. The second-order valence-corrected chi connectivity index (χ2v) is 10.6. The van der Waals surface area contributed by atoms with Crippen LogP contribution in [0.25, 0.3) is 0 Å². The van der Waals surface area contributed by atoms with Gasteiger partial charge in [-0.2, -0.15) is 0 Å². The van der Waals surface area contributed by atoms with Crippen LogP contribution in [0.5, 0.6) is 0 Å². The molecule has 150 valence electrons. The summed E-state index contributed by atoms with van der Waals surface area (Å²) in [5.41, 5.74) is 0.741. The first-order valence-electron chi connectivity index (χ1n) is 9.64. The van der Waals surface area contributed by atoms with E-state index >= 15 is 0 Å². The topological polar surface area (TPSA) is 35.5 Å². The molecule has 2 aromatic rings. The van der Waals surface area contributed by atoms with Gasteiger partial charge in [0.05, 0.1) is 0 Å². The van der Waals surface area contributed by atoms with Crippen LogP contribution in [0.15, 0.2) is 71.2 Å². The van der Waals surface area contributed by atoms with Crippen molar-refractivity contribution in [3.63, 3.8) is 0 Å². The fourth-order valence-corrected chi connectivity index (χ4v) is 6.21. The van der Waals surface area contributed by atoms with E-state index in [1.807, 2.05) is 31.2 Å². The van der Waals surface area contributed by atoms with E-state index < -0.39 is 0 Å². The van der Waals surface area contributed by atoms with Gasteiger partial charge in [-0.1, -0.05) is 0 Å². The van der Waals surface area contributed by atoms with Gasteiger partial charge in [-0.3, -0.25) is 0 Å². The summed E-state index contributed by atoms with van der Waals surface area (Å²) in [5, 5.41) is 0.0312. The number of carbonyl (C=O) groups excluding carboxylic acids is 1. The van der Waals surface area contributed by atoms with E-state index in [9.17, 15) is 4.79 Å². The minimum absolute atomic E-state index is 0.0312. The molecule has 28 heavy (non-hydrogen) atoms. The van der Waals surface area contributed by atoms with E-state index in [2.05, 4.69) is 48.3 Å². The third-order valence-electron chi connectivity index (χ3n) is 3.82. The normalized spacial score (nSPS) is 12.6. The standard InChI is InChI=1S/C23H28O3Se2/c1-3-5-16-26-22(28-21-14-10-7-11-15-21)17-19(23(24)25-4-2)18-27-20-12-8-6-9-13-20/h6-15,18,22H,3-5,16-17H2,1-2H3/b19-18+. The van der Waals surface area contributed by atoms with Crippen molar-refractivity contribution >= 4 is 44.8 Å². The summed E-state index contributed by atoms with van der Waals surface area (Å²) in [6, 6.07) is 20.7. The average Bonchev–Trinajstić information content (AvgIpc) is 2.72. The van der Waals surface area contributed by atoms with Gasteiger partial charge in [0.2, 0.25) is 0 Å². The second kappa shape index (κ2) is 13.8. The average molecular weight is 510 g/mol. The van der Waals surface area contributed by atoms with Crippen molar-refractivity contribution in [2.45, 2.75) is 38.1 Å². The van der Waals surface area contributed by atoms with E-state index in [4.69, 9.17) is 9.47 Å². The van der Waals surface area contributed by atoms with Crippen molar-refractivity contribution in [2.24, 2.45) is 0 Å². The number of rotatable bonds is 12. The van der Waals surface area contributed by atoms with Crippen LogP contribution in [0.3, 0.4) is 0 Å². The van der Waals surface area contributed by atoms with E-state index in [1.54, 1.807) is 0 Å². The van der Waals surface area contributed by atoms with E-state index in [0.717, 1.165) is 25.0 Å². The van der Waals surface area contributed by atoms with Gasteiger partial charge in [0.25, 0.3) is 0 Å². The Bertz CT molecular complexity index is 717. The summed E-state index contributed by atoms with van der Waals surface area (Å²) < 4.78 is 14.0. The van der Waals surface area contributed by atoms with Crippen LogP contribution in [0, 0.1) is 0 Å². The zero-order valence-corrected chi connectivity index (χ0v) is 19.9. The fraction of sp³-hybridized carbons (Fsp3) is 0.348. The molecule has 3 nitrogen and oxygen atoms in total. The number of benzene rings is 2. The maximum absolute atomic E-state index is 12.6. The van der Waals surface area contributed by atoms with Gasteiger partial charge < -0.3 is 0 Å². The van der Waals surface area contributed by atoms with Crippen LogP contribution in [0.1, 0.15) is 33.1 Å². The van der Waals surface area contributed by atoms with Gasteiger partial charge in [0.15, 0.2) is 0 Å². The Labute approximate surface area is 181 Å². The molecule has 0 aliphatic rings. The van der Waals surface area contributed by atoms with Crippen molar-refractivity contribution in [1.82, 2.24) is 0 Å². The summed E-state index contributed by atoms with van der Waals surface area (Å²) in [6.07, 6.45) is 2.74. The summed E-state index contributed by atoms with van der Waals surface area (Å²) >= 11 is 0.234. The van der Waals surface area contributed by atoms with Crippen molar-refractivity contribution in [2.75, 3.05) is 13.2 Å². The molecule has 0 spiro atoms. The molecule has 1 atom stereocenters. The number of carbonyl (C=O) groups is 1. The molecule has 5 heteroatoms. The fourth-order valence-electron chi connectivity index (χ4n) is 2.37. The predicted molar refractivity (Wildman–Crippen MR) is 118 cm³/mol. The molecule has 0 aliphatic carbocycles. The SMILES string of the molecule is CCCCOC(C/C(=C\[Se]c1ccccc1)C(=O)OCC)[Se]c1ccccc1. The Kier molecular flexibility index (Phi) is 11.3. The Morgan fingerprint density at radius 3 is 2.25 bits per heavy atom. The molecule has 2 rings (SSSR count). The van der Waals surface area contributed by atoms with Gasteiger partial charge in [0, 0.05) is 0 Å². The molecule has 1 unspecified atom stereocenters. The number of hydrogen-bond acceptors (Lipinski definition) is 3. The Hall–Kier alpha value is -1.35. The minimum atomic E-state index is -0.215. The summed E-state index contributed by atoms with van der Waals surface area (Å²) in [5.74, 6) is -0.215. The quantitative estimate of drug-likeness (QED) is 0.191. The second-order valence-electron chi connectivity index (χ2n) is 6.08. The summed E-state index contributed by atoms with van der Waals surface area (Å²) in [6.45, 7) is 5.13. The van der Waals surface area contributed by atoms with Crippen LogP contribution in [-0.4, -0.2) is 54.1 Å². The van der Waals surface area contributed by atoms with Crippen molar-refractivity contribution in [3.8, 4) is 0 Å². The van der Waals surface area contributed by atoms with Gasteiger partial charge in [-0.05, 0) is 0 Å². The van der Waals surface area contributed by atoms with E-state index in [-0.39, 0.29) is 40.9 Å². The van der Waals surface area contributed by atoms with Crippen LogP contribution < -0.4 is 8.92 Å². The van der Waals surface area contributed by atoms with Crippen molar-refractivity contribution in [1.29, 1.82) is 0 Å². The molecule has 0 saturated carbocycles. The monoisotopic (exact) mass is 512 g/mol. The molecule has 0 amide bonds. The Balaban J connectivity index is 2.13. The first-order valence-corrected chi connectivity index (χ1v) is 13.3. The number of unbranched alkanes of at least 4 members (excludes halogenated alkanes) is 1. The van der Waals surface area contributed by atoms with Crippen molar-refractivity contribution in [3.05, 3.63) is 71.2 Å². The molecule has 0 radical (unpaired) electrons. The molecule has 2 aromatic carbocycles. The molecule has 0 saturated heterocycles. The molecule has 0 aliphatic heterocycles. The number of esters is 1. The van der Waals surface area contributed by atoms with Crippen LogP contribution in [0.2, 0.25) is 0 Å². The summed E-state index contributed by atoms with van der Waals surface area (Å²) in [4.78, 5) is 14.6. The molecular formula is C23H28O3Se2. The molecular weight excluding hydrogens is 482 g/mol. The first-order chi connectivity index (χ1) is 13.7. The van der Waals surface area contributed by atoms with E-state index in [1.165, 1.54) is 8.92 Å². The number of hydrogen-bond donors (Lipinski definition) is 0.